The number of hydrogen-bond acceptors (Lipinski definition) is 3. The molecule has 19 heavy (non-hydrogen) atoms. The highest BCUT2D eigenvalue weighted by molar-refractivity contribution is 5.39. The monoisotopic (exact) mass is 261 g/mol. The van der Waals surface area contributed by atoms with Crippen molar-refractivity contribution in [2.75, 3.05) is 33.4 Å². The number of aliphatic hydroxyl groups is 1. The summed E-state index contributed by atoms with van der Waals surface area (Å²) in [5.41, 5.74) is 0.863. The normalized spacial score (nSPS) is 10.4. The number of aliphatic hydroxyl groups excluding tert-OH is 1. The first kappa shape index (κ1) is 15.6. The van der Waals surface area contributed by atoms with Crippen LogP contribution < -0.4 is 4.74 Å². The Hall–Kier alpha value is -1.50. The maximum Gasteiger partial charge on any atom is 0.120 e. The average molecular weight is 261 g/mol. The van der Waals surface area contributed by atoms with Crippen LogP contribution in [0.3, 0.4) is 0 Å². The minimum atomic E-state index is -0.120. The molecule has 3 heteroatoms. The summed E-state index contributed by atoms with van der Waals surface area (Å²) in [5, 5.41) is 8.66. The van der Waals surface area contributed by atoms with Crippen molar-refractivity contribution >= 4 is 0 Å². The highest BCUT2D eigenvalue weighted by Gasteiger charge is 2.02. The number of nitrogens with zero attached hydrogens (tertiary/aromatic N) is 1. The molecule has 0 amide bonds. The minimum Gasteiger partial charge on any atom is -0.492 e. The van der Waals surface area contributed by atoms with Gasteiger partial charge >= 0.3 is 0 Å². The molecule has 0 heterocycles. The Bertz CT molecular complexity index is 432. The van der Waals surface area contributed by atoms with E-state index in [1.54, 1.807) is 0 Å². The predicted octanol–water partition coefficient (Wildman–Crippen LogP) is 2.00. The summed E-state index contributed by atoms with van der Waals surface area (Å²) in [7, 11) is 2.10. The molecule has 3 nitrogen and oxygen atoms in total. The summed E-state index contributed by atoms with van der Waals surface area (Å²) in [4.78, 5) is 2.26. The lowest BCUT2D eigenvalue weighted by molar-refractivity contribution is 0.223. The van der Waals surface area contributed by atoms with Crippen molar-refractivity contribution in [1.29, 1.82) is 0 Å². The van der Waals surface area contributed by atoms with Crippen LogP contribution in [0.4, 0.5) is 0 Å². The fourth-order valence-electron chi connectivity index (χ4n) is 1.84. The van der Waals surface area contributed by atoms with E-state index in [1.807, 2.05) is 24.3 Å². The summed E-state index contributed by atoms with van der Waals surface area (Å²) in [5.74, 6) is 6.99. The van der Waals surface area contributed by atoms with Gasteiger partial charge in [0.05, 0.1) is 0 Å². The maximum atomic E-state index is 8.66. The Labute approximate surface area is 116 Å². The number of ether oxygens (including phenoxy) is 1. The van der Waals surface area contributed by atoms with E-state index >= 15 is 0 Å². The van der Waals surface area contributed by atoms with E-state index in [2.05, 4.69) is 37.6 Å². The van der Waals surface area contributed by atoms with E-state index in [4.69, 9.17) is 9.84 Å². The molecule has 1 aromatic carbocycles. The lowest BCUT2D eigenvalue weighted by atomic mass is 10.2. The molecular formula is C16H23NO2. The maximum absolute atomic E-state index is 8.66. The predicted molar refractivity (Wildman–Crippen MR) is 78.2 cm³/mol. The summed E-state index contributed by atoms with van der Waals surface area (Å²) >= 11 is 0. The molecular weight excluding hydrogens is 238 g/mol. The second-order valence-corrected chi connectivity index (χ2v) is 4.99. The van der Waals surface area contributed by atoms with E-state index in [9.17, 15) is 0 Å². The standard InChI is InChI=1S/C16H23NO2/c1-14(2)13-17(3)9-11-19-16-8-4-6-15(12-16)7-5-10-18/h4,6,8,12,14,18H,9-11,13H2,1-3H3. The Balaban J connectivity index is 2.41. The van der Waals surface area contributed by atoms with Crippen molar-refractivity contribution < 1.29 is 9.84 Å². The summed E-state index contributed by atoms with van der Waals surface area (Å²) < 4.78 is 5.71. The highest BCUT2D eigenvalue weighted by atomic mass is 16.5. The Kier molecular flexibility index (Phi) is 7.02. The molecule has 0 fully saturated rings. The van der Waals surface area contributed by atoms with Crippen molar-refractivity contribution in [3.8, 4) is 17.6 Å². The van der Waals surface area contributed by atoms with Crippen LogP contribution in [0.25, 0.3) is 0 Å². The second kappa shape index (κ2) is 8.58. The van der Waals surface area contributed by atoms with E-state index < -0.39 is 0 Å². The zero-order valence-electron chi connectivity index (χ0n) is 12.0. The van der Waals surface area contributed by atoms with Gasteiger partial charge in [-0.25, -0.2) is 0 Å². The zero-order valence-corrected chi connectivity index (χ0v) is 12.0. The second-order valence-electron chi connectivity index (χ2n) is 4.99. The zero-order chi connectivity index (χ0) is 14.1. The van der Waals surface area contributed by atoms with Crippen LogP contribution in [0.2, 0.25) is 0 Å². The molecule has 0 unspecified atom stereocenters. The molecule has 1 rings (SSSR count). The Morgan fingerprint density at radius 1 is 1.37 bits per heavy atom. The molecule has 1 N–H and O–H groups in total. The number of hydrogen-bond donors (Lipinski definition) is 1. The van der Waals surface area contributed by atoms with Crippen molar-refractivity contribution in [1.82, 2.24) is 4.90 Å². The minimum absolute atomic E-state index is 0.120. The summed E-state index contributed by atoms with van der Waals surface area (Å²) in [6.07, 6.45) is 0. The van der Waals surface area contributed by atoms with Crippen molar-refractivity contribution in [2.24, 2.45) is 5.92 Å². The Morgan fingerprint density at radius 2 is 2.16 bits per heavy atom. The first-order chi connectivity index (χ1) is 9.11. The molecule has 0 aromatic heterocycles. The van der Waals surface area contributed by atoms with Crippen LogP contribution in [-0.2, 0) is 0 Å². The van der Waals surface area contributed by atoms with Crippen LogP contribution in [0, 0.1) is 17.8 Å². The lowest BCUT2D eigenvalue weighted by Crippen LogP contribution is -2.27. The topological polar surface area (TPSA) is 32.7 Å². The summed E-state index contributed by atoms with van der Waals surface area (Å²) in [6, 6.07) is 7.63. The third kappa shape index (κ3) is 6.85. The van der Waals surface area contributed by atoms with Crippen LogP contribution in [-0.4, -0.2) is 43.4 Å². The van der Waals surface area contributed by atoms with Gasteiger partial charge in [-0.1, -0.05) is 31.8 Å². The molecule has 0 atom stereocenters. The van der Waals surface area contributed by atoms with Gasteiger partial charge in [-0.3, -0.25) is 0 Å². The van der Waals surface area contributed by atoms with Gasteiger partial charge < -0.3 is 14.7 Å². The van der Waals surface area contributed by atoms with Crippen molar-refractivity contribution in [2.45, 2.75) is 13.8 Å². The van der Waals surface area contributed by atoms with Gasteiger partial charge in [0.1, 0.15) is 19.0 Å². The first-order valence-corrected chi connectivity index (χ1v) is 6.63. The first-order valence-electron chi connectivity index (χ1n) is 6.63. The molecule has 0 radical (unpaired) electrons. The highest BCUT2D eigenvalue weighted by Crippen LogP contribution is 2.12. The number of likely N-dealkylation sites (N-methyl/N-ethyl adjacent to an activating group) is 1. The van der Waals surface area contributed by atoms with Crippen molar-refractivity contribution in [3.05, 3.63) is 29.8 Å². The van der Waals surface area contributed by atoms with Gasteiger partial charge in [-0.05, 0) is 31.2 Å². The van der Waals surface area contributed by atoms with Gasteiger partial charge in [0.2, 0.25) is 0 Å². The molecule has 1 aromatic rings. The molecule has 0 aliphatic carbocycles. The smallest absolute Gasteiger partial charge is 0.120 e. The molecule has 0 aliphatic heterocycles. The van der Waals surface area contributed by atoms with E-state index in [0.29, 0.717) is 12.5 Å². The van der Waals surface area contributed by atoms with E-state index in [1.165, 1.54) is 0 Å². The largest absolute Gasteiger partial charge is 0.492 e. The van der Waals surface area contributed by atoms with Crippen LogP contribution in [0.5, 0.6) is 5.75 Å². The average Bonchev–Trinajstić information content (AvgIpc) is 2.36. The van der Waals surface area contributed by atoms with Gasteiger partial charge in [-0.15, -0.1) is 0 Å². The SMILES string of the molecule is CC(C)CN(C)CCOc1cccc(C#CCO)c1. The molecule has 0 aliphatic rings. The third-order valence-corrected chi connectivity index (χ3v) is 2.56. The van der Waals surface area contributed by atoms with Crippen LogP contribution in [0.1, 0.15) is 19.4 Å². The quantitative estimate of drug-likeness (QED) is 0.795. The van der Waals surface area contributed by atoms with E-state index in [-0.39, 0.29) is 6.61 Å². The van der Waals surface area contributed by atoms with Crippen molar-refractivity contribution in [3.63, 3.8) is 0 Å². The number of benzene rings is 1. The molecule has 0 saturated heterocycles. The molecule has 0 saturated carbocycles. The molecule has 104 valence electrons. The van der Waals surface area contributed by atoms with Crippen LogP contribution in [0.15, 0.2) is 24.3 Å². The summed E-state index contributed by atoms with van der Waals surface area (Å²) in [6.45, 7) is 6.95. The molecule has 0 spiro atoms. The van der Waals surface area contributed by atoms with Gasteiger partial charge in [0.25, 0.3) is 0 Å². The lowest BCUT2D eigenvalue weighted by Gasteiger charge is -2.18. The van der Waals surface area contributed by atoms with Gasteiger partial charge in [0, 0.05) is 18.7 Å². The van der Waals surface area contributed by atoms with E-state index in [0.717, 1.165) is 24.4 Å². The van der Waals surface area contributed by atoms with Crippen LogP contribution >= 0.6 is 0 Å². The third-order valence-electron chi connectivity index (χ3n) is 2.56. The van der Waals surface area contributed by atoms with Gasteiger partial charge in [-0.2, -0.15) is 0 Å². The fraction of sp³-hybridized carbons (Fsp3) is 0.500. The van der Waals surface area contributed by atoms with Gasteiger partial charge in [0.15, 0.2) is 0 Å². The Morgan fingerprint density at radius 3 is 2.84 bits per heavy atom. The number of rotatable bonds is 6. The molecule has 0 bridgehead atoms. The fourth-order valence-corrected chi connectivity index (χ4v) is 1.84.